The fourth-order valence-electron chi connectivity index (χ4n) is 1.70. The summed E-state index contributed by atoms with van der Waals surface area (Å²) in [6.07, 6.45) is 12.2. The second-order valence-electron chi connectivity index (χ2n) is 3.25. The summed E-state index contributed by atoms with van der Waals surface area (Å²) in [5.41, 5.74) is 1.40. The lowest BCUT2D eigenvalue weighted by Gasteiger charge is -2.15. The van der Waals surface area contributed by atoms with Crippen molar-refractivity contribution < 1.29 is 0 Å². The minimum Gasteiger partial charge on any atom is -0.265 e. The number of hydrogen-bond donors (Lipinski definition) is 0. The lowest BCUT2D eigenvalue weighted by Crippen LogP contribution is -1.98. The Labute approximate surface area is 73.1 Å². The van der Waals surface area contributed by atoms with E-state index in [1.807, 2.05) is 12.4 Å². The van der Waals surface area contributed by atoms with E-state index in [0.29, 0.717) is 5.92 Å². The van der Waals surface area contributed by atoms with Crippen LogP contribution < -0.4 is 0 Å². The third-order valence-corrected chi connectivity index (χ3v) is 2.39. The van der Waals surface area contributed by atoms with Gasteiger partial charge in [-0.3, -0.25) is 4.98 Å². The number of aromatic nitrogens is 1. The zero-order valence-electron chi connectivity index (χ0n) is 7.11. The first kappa shape index (κ1) is 7.53. The molecule has 0 spiro atoms. The number of pyridine rings is 1. The van der Waals surface area contributed by atoms with E-state index in [1.54, 1.807) is 0 Å². The van der Waals surface area contributed by atoms with Gasteiger partial charge in [0.2, 0.25) is 0 Å². The molecule has 0 saturated carbocycles. The SMILES string of the molecule is C1=CC(c2ccncc2)CCC1. The van der Waals surface area contributed by atoms with E-state index in [9.17, 15) is 0 Å². The lowest BCUT2D eigenvalue weighted by molar-refractivity contribution is 0.654. The monoisotopic (exact) mass is 159 g/mol. The van der Waals surface area contributed by atoms with Gasteiger partial charge in [0.25, 0.3) is 0 Å². The van der Waals surface area contributed by atoms with E-state index in [0.717, 1.165) is 0 Å². The predicted octanol–water partition coefficient (Wildman–Crippen LogP) is 2.91. The van der Waals surface area contributed by atoms with Crippen molar-refractivity contribution in [2.45, 2.75) is 25.2 Å². The molecule has 0 fully saturated rings. The third kappa shape index (κ3) is 1.55. The first-order valence-electron chi connectivity index (χ1n) is 4.53. The van der Waals surface area contributed by atoms with E-state index >= 15 is 0 Å². The fourth-order valence-corrected chi connectivity index (χ4v) is 1.70. The Morgan fingerprint density at radius 3 is 2.75 bits per heavy atom. The molecule has 0 radical (unpaired) electrons. The summed E-state index contributed by atoms with van der Waals surface area (Å²) in [6, 6.07) is 4.22. The van der Waals surface area contributed by atoms with Crippen molar-refractivity contribution in [2.75, 3.05) is 0 Å². The molecular formula is C11H13N. The zero-order valence-corrected chi connectivity index (χ0v) is 7.11. The van der Waals surface area contributed by atoms with Crippen LogP contribution in [0.4, 0.5) is 0 Å². The van der Waals surface area contributed by atoms with Gasteiger partial charge in [-0.2, -0.15) is 0 Å². The van der Waals surface area contributed by atoms with Gasteiger partial charge in [-0.05, 0) is 37.0 Å². The molecule has 2 rings (SSSR count). The Balaban J connectivity index is 2.19. The van der Waals surface area contributed by atoms with Crippen LogP contribution in [0.1, 0.15) is 30.7 Å². The highest BCUT2D eigenvalue weighted by Gasteiger charge is 2.09. The maximum atomic E-state index is 4.02. The molecular weight excluding hydrogens is 146 g/mol. The zero-order chi connectivity index (χ0) is 8.23. The Hall–Kier alpha value is -1.11. The van der Waals surface area contributed by atoms with Gasteiger partial charge in [0.05, 0.1) is 0 Å². The maximum absolute atomic E-state index is 4.02. The number of hydrogen-bond acceptors (Lipinski definition) is 1. The molecule has 1 aromatic heterocycles. The van der Waals surface area contributed by atoms with Crippen LogP contribution in [-0.2, 0) is 0 Å². The molecule has 1 atom stereocenters. The first-order valence-corrected chi connectivity index (χ1v) is 4.53. The second-order valence-corrected chi connectivity index (χ2v) is 3.25. The normalized spacial score (nSPS) is 22.5. The van der Waals surface area contributed by atoms with Crippen LogP contribution in [0.3, 0.4) is 0 Å². The summed E-state index contributed by atoms with van der Waals surface area (Å²) in [7, 11) is 0. The van der Waals surface area contributed by atoms with Gasteiger partial charge in [0, 0.05) is 18.3 Å². The largest absolute Gasteiger partial charge is 0.265 e. The van der Waals surface area contributed by atoms with Gasteiger partial charge < -0.3 is 0 Å². The highest BCUT2D eigenvalue weighted by atomic mass is 14.6. The van der Waals surface area contributed by atoms with Crippen LogP contribution in [0, 0.1) is 0 Å². The van der Waals surface area contributed by atoms with Crippen molar-refractivity contribution in [3.63, 3.8) is 0 Å². The van der Waals surface area contributed by atoms with Gasteiger partial charge in [-0.1, -0.05) is 12.2 Å². The van der Waals surface area contributed by atoms with Crippen molar-refractivity contribution >= 4 is 0 Å². The molecule has 1 aliphatic carbocycles. The van der Waals surface area contributed by atoms with Crippen LogP contribution >= 0.6 is 0 Å². The standard InChI is InChI=1S/C11H13N/c1-2-4-10(5-3-1)11-6-8-12-9-7-11/h2,4,6-10H,1,3,5H2. The van der Waals surface area contributed by atoms with Crippen molar-refractivity contribution in [2.24, 2.45) is 0 Å². The number of nitrogens with zero attached hydrogens (tertiary/aromatic N) is 1. The summed E-state index contributed by atoms with van der Waals surface area (Å²) in [5.74, 6) is 0.641. The van der Waals surface area contributed by atoms with E-state index in [1.165, 1.54) is 24.8 Å². The van der Waals surface area contributed by atoms with Crippen molar-refractivity contribution in [3.8, 4) is 0 Å². The smallest absolute Gasteiger partial charge is 0.0270 e. The molecule has 0 saturated heterocycles. The lowest BCUT2D eigenvalue weighted by atomic mass is 9.90. The Morgan fingerprint density at radius 1 is 1.25 bits per heavy atom. The van der Waals surface area contributed by atoms with Crippen molar-refractivity contribution in [1.82, 2.24) is 4.98 Å². The molecule has 0 bridgehead atoms. The van der Waals surface area contributed by atoms with Gasteiger partial charge in [-0.25, -0.2) is 0 Å². The predicted molar refractivity (Wildman–Crippen MR) is 50.0 cm³/mol. The molecule has 1 nitrogen and oxygen atoms in total. The number of rotatable bonds is 1. The van der Waals surface area contributed by atoms with E-state index < -0.39 is 0 Å². The molecule has 1 heteroatoms. The van der Waals surface area contributed by atoms with E-state index in [4.69, 9.17) is 0 Å². The quantitative estimate of drug-likeness (QED) is 0.574. The van der Waals surface area contributed by atoms with Gasteiger partial charge in [-0.15, -0.1) is 0 Å². The average Bonchev–Trinajstić information content (AvgIpc) is 2.21. The Bertz CT molecular complexity index is 264. The highest BCUT2D eigenvalue weighted by molar-refractivity contribution is 5.22. The van der Waals surface area contributed by atoms with Crippen LogP contribution in [0.2, 0.25) is 0 Å². The maximum Gasteiger partial charge on any atom is 0.0270 e. The van der Waals surface area contributed by atoms with Crippen molar-refractivity contribution in [1.29, 1.82) is 0 Å². The Kier molecular flexibility index (Phi) is 2.21. The molecule has 12 heavy (non-hydrogen) atoms. The molecule has 0 aliphatic heterocycles. The molecule has 0 amide bonds. The molecule has 0 aromatic carbocycles. The summed E-state index contributed by atoms with van der Waals surface area (Å²) >= 11 is 0. The van der Waals surface area contributed by atoms with Crippen LogP contribution in [0.15, 0.2) is 36.7 Å². The molecule has 0 N–H and O–H groups in total. The molecule has 1 unspecified atom stereocenters. The van der Waals surface area contributed by atoms with Gasteiger partial charge >= 0.3 is 0 Å². The average molecular weight is 159 g/mol. The topological polar surface area (TPSA) is 12.9 Å². The van der Waals surface area contributed by atoms with Crippen LogP contribution in [-0.4, -0.2) is 4.98 Å². The van der Waals surface area contributed by atoms with Crippen LogP contribution in [0.25, 0.3) is 0 Å². The van der Waals surface area contributed by atoms with Gasteiger partial charge in [0.15, 0.2) is 0 Å². The van der Waals surface area contributed by atoms with E-state index in [2.05, 4.69) is 29.3 Å². The van der Waals surface area contributed by atoms with E-state index in [-0.39, 0.29) is 0 Å². The molecule has 1 aromatic rings. The molecule has 1 heterocycles. The summed E-state index contributed by atoms with van der Waals surface area (Å²) in [4.78, 5) is 4.02. The summed E-state index contributed by atoms with van der Waals surface area (Å²) in [5, 5.41) is 0. The van der Waals surface area contributed by atoms with Crippen molar-refractivity contribution in [3.05, 3.63) is 42.2 Å². The second kappa shape index (κ2) is 3.53. The number of allylic oxidation sites excluding steroid dienone is 2. The third-order valence-electron chi connectivity index (χ3n) is 2.39. The fraction of sp³-hybridized carbons (Fsp3) is 0.364. The van der Waals surface area contributed by atoms with Crippen LogP contribution in [0.5, 0.6) is 0 Å². The molecule has 1 aliphatic rings. The first-order chi connectivity index (χ1) is 5.97. The summed E-state index contributed by atoms with van der Waals surface area (Å²) < 4.78 is 0. The highest BCUT2D eigenvalue weighted by Crippen LogP contribution is 2.26. The Morgan fingerprint density at radius 2 is 2.08 bits per heavy atom. The minimum absolute atomic E-state index is 0.641. The van der Waals surface area contributed by atoms with Gasteiger partial charge in [0.1, 0.15) is 0 Å². The minimum atomic E-state index is 0.641. The molecule has 62 valence electrons. The summed E-state index contributed by atoms with van der Waals surface area (Å²) in [6.45, 7) is 0.